The lowest BCUT2D eigenvalue weighted by atomic mass is 9.76. The fourth-order valence-corrected chi connectivity index (χ4v) is 5.00. The first-order valence-corrected chi connectivity index (χ1v) is 10.4. The van der Waals surface area contributed by atoms with Gasteiger partial charge in [0.1, 0.15) is 5.54 Å². The predicted octanol–water partition coefficient (Wildman–Crippen LogP) is 2.60. The number of imide groups is 1. The highest BCUT2D eigenvalue weighted by Crippen LogP contribution is 2.50. The van der Waals surface area contributed by atoms with E-state index in [4.69, 9.17) is 0 Å². The Kier molecular flexibility index (Phi) is 4.83. The predicted molar refractivity (Wildman–Crippen MR) is 117 cm³/mol. The van der Waals surface area contributed by atoms with Gasteiger partial charge in [0, 0.05) is 12.6 Å². The minimum Gasteiger partial charge on any atom is -0.480 e. The van der Waals surface area contributed by atoms with Crippen molar-refractivity contribution in [1.82, 2.24) is 10.3 Å². The Labute approximate surface area is 184 Å². The molecular formula is C25H21N3O4. The molecule has 4 atom stereocenters. The maximum Gasteiger partial charge on any atom is 0.325 e. The van der Waals surface area contributed by atoms with Crippen LogP contribution in [-0.4, -0.2) is 33.4 Å². The van der Waals surface area contributed by atoms with Gasteiger partial charge in [-0.05, 0) is 29.8 Å². The first-order valence-electron chi connectivity index (χ1n) is 10.4. The van der Waals surface area contributed by atoms with Gasteiger partial charge in [0.2, 0.25) is 11.8 Å². The van der Waals surface area contributed by atoms with E-state index < -0.39 is 41.2 Å². The summed E-state index contributed by atoms with van der Waals surface area (Å²) in [6.07, 6.45) is 1.66. The van der Waals surface area contributed by atoms with E-state index in [1.807, 2.05) is 30.3 Å². The van der Waals surface area contributed by atoms with Gasteiger partial charge in [-0.3, -0.25) is 24.7 Å². The first kappa shape index (κ1) is 20.1. The number of benzene rings is 2. The summed E-state index contributed by atoms with van der Waals surface area (Å²) in [5.74, 6) is -4.02. The largest absolute Gasteiger partial charge is 0.480 e. The van der Waals surface area contributed by atoms with Crippen molar-refractivity contribution in [2.24, 2.45) is 11.8 Å². The molecule has 2 fully saturated rings. The maximum absolute atomic E-state index is 13.7. The zero-order chi connectivity index (χ0) is 22.3. The molecule has 0 spiro atoms. The molecule has 3 aromatic rings. The zero-order valence-electron chi connectivity index (χ0n) is 17.1. The maximum atomic E-state index is 13.7. The average molecular weight is 427 g/mol. The average Bonchev–Trinajstić information content (AvgIpc) is 3.30. The fourth-order valence-electron chi connectivity index (χ4n) is 5.00. The van der Waals surface area contributed by atoms with Crippen LogP contribution in [0.4, 0.5) is 5.69 Å². The van der Waals surface area contributed by atoms with E-state index in [1.165, 1.54) is 0 Å². The van der Waals surface area contributed by atoms with E-state index in [1.54, 1.807) is 54.7 Å². The minimum atomic E-state index is -1.65. The van der Waals surface area contributed by atoms with Gasteiger partial charge in [-0.2, -0.15) is 0 Å². The van der Waals surface area contributed by atoms with Crippen LogP contribution in [0.1, 0.15) is 17.3 Å². The molecule has 7 nitrogen and oxygen atoms in total. The molecule has 0 aliphatic carbocycles. The van der Waals surface area contributed by atoms with E-state index in [0.29, 0.717) is 11.4 Å². The van der Waals surface area contributed by atoms with Crippen molar-refractivity contribution in [3.05, 3.63) is 96.3 Å². The minimum absolute atomic E-state index is 0.0648. The number of nitrogens with one attached hydrogen (secondary N) is 1. The molecule has 2 saturated heterocycles. The number of hydrogen-bond acceptors (Lipinski definition) is 5. The smallest absolute Gasteiger partial charge is 0.325 e. The molecule has 4 unspecified atom stereocenters. The van der Waals surface area contributed by atoms with Crippen molar-refractivity contribution >= 4 is 23.5 Å². The molecule has 5 rings (SSSR count). The van der Waals surface area contributed by atoms with Crippen molar-refractivity contribution < 1.29 is 19.5 Å². The number of pyridine rings is 1. The number of anilines is 1. The SMILES string of the molecule is O=C1C2C(c3ccccn3)NC(Cc3ccccc3)(C(=O)O)C2C(=O)N1c1ccccc1. The molecule has 2 aliphatic rings. The summed E-state index contributed by atoms with van der Waals surface area (Å²) in [4.78, 5) is 45.5. The number of carbonyl (C=O) groups excluding carboxylic acids is 2. The summed E-state index contributed by atoms with van der Waals surface area (Å²) in [5.41, 5.74) is 0.0939. The van der Waals surface area contributed by atoms with Crippen LogP contribution in [0.3, 0.4) is 0 Å². The van der Waals surface area contributed by atoms with Gasteiger partial charge < -0.3 is 5.11 Å². The summed E-state index contributed by atoms with van der Waals surface area (Å²) < 4.78 is 0. The summed E-state index contributed by atoms with van der Waals surface area (Å²) in [6, 6.07) is 22.4. The first-order chi connectivity index (χ1) is 15.5. The van der Waals surface area contributed by atoms with Crippen LogP contribution in [0.25, 0.3) is 0 Å². The Morgan fingerprint density at radius 1 is 0.938 bits per heavy atom. The second kappa shape index (κ2) is 7.69. The lowest BCUT2D eigenvalue weighted by molar-refractivity contribution is -0.148. The lowest BCUT2D eigenvalue weighted by Crippen LogP contribution is -2.57. The third-order valence-corrected chi connectivity index (χ3v) is 6.38. The van der Waals surface area contributed by atoms with Gasteiger partial charge in [-0.25, -0.2) is 4.90 Å². The highest BCUT2D eigenvalue weighted by Gasteiger charge is 2.68. The number of aliphatic carboxylic acids is 1. The Bertz CT molecular complexity index is 1170. The van der Waals surface area contributed by atoms with Gasteiger partial charge in [0.05, 0.1) is 29.3 Å². The zero-order valence-corrected chi connectivity index (χ0v) is 17.1. The van der Waals surface area contributed by atoms with Crippen LogP contribution < -0.4 is 10.2 Å². The molecule has 3 heterocycles. The third-order valence-electron chi connectivity index (χ3n) is 6.38. The second-order valence-electron chi connectivity index (χ2n) is 8.17. The Morgan fingerprint density at radius 3 is 2.22 bits per heavy atom. The Morgan fingerprint density at radius 2 is 1.59 bits per heavy atom. The molecule has 2 aromatic carbocycles. The number of carboxylic acids is 1. The molecule has 0 bridgehead atoms. The molecule has 2 aliphatic heterocycles. The highest BCUT2D eigenvalue weighted by molar-refractivity contribution is 6.24. The monoisotopic (exact) mass is 427 g/mol. The van der Waals surface area contributed by atoms with Crippen molar-refractivity contribution in [2.45, 2.75) is 18.0 Å². The van der Waals surface area contributed by atoms with Crippen LogP contribution in [-0.2, 0) is 20.8 Å². The number of hydrogen-bond donors (Lipinski definition) is 2. The lowest BCUT2D eigenvalue weighted by Gasteiger charge is -2.31. The van der Waals surface area contributed by atoms with Crippen LogP contribution in [0.15, 0.2) is 85.1 Å². The molecule has 0 radical (unpaired) electrons. The number of aromatic nitrogens is 1. The van der Waals surface area contributed by atoms with Crippen LogP contribution in [0.5, 0.6) is 0 Å². The van der Waals surface area contributed by atoms with E-state index in [0.717, 1.165) is 10.5 Å². The number of fused-ring (bicyclic) bond motifs is 1. The quantitative estimate of drug-likeness (QED) is 0.608. The highest BCUT2D eigenvalue weighted by atomic mass is 16.4. The van der Waals surface area contributed by atoms with E-state index >= 15 is 0 Å². The van der Waals surface area contributed by atoms with E-state index in [2.05, 4.69) is 10.3 Å². The summed E-state index contributed by atoms with van der Waals surface area (Å²) in [6.45, 7) is 0. The summed E-state index contributed by atoms with van der Waals surface area (Å²) >= 11 is 0. The number of para-hydroxylation sites is 1. The van der Waals surface area contributed by atoms with Crippen LogP contribution in [0, 0.1) is 11.8 Å². The molecule has 2 N–H and O–H groups in total. The normalized spacial score (nSPS) is 26.9. The molecule has 2 amide bonds. The van der Waals surface area contributed by atoms with Gasteiger partial charge in [0.15, 0.2) is 0 Å². The van der Waals surface area contributed by atoms with Crippen LogP contribution >= 0.6 is 0 Å². The number of amides is 2. The van der Waals surface area contributed by atoms with Gasteiger partial charge >= 0.3 is 5.97 Å². The second-order valence-corrected chi connectivity index (χ2v) is 8.17. The van der Waals surface area contributed by atoms with Gasteiger partial charge in [-0.15, -0.1) is 0 Å². The number of carbonyl (C=O) groups is 3. The Hall–Kier alpha value is -3.84. The standard InChI is InChI=1S/C25H21N3O4/c29-22-19-20(23(30)28(22)17-11-5-2-6-12-17)25(24(31)32,15-16-9-3-1-4-10-16)27-21(19)18-13-7-8-14-26-18/h1-14,19-21,27H,15H2,(H,31,32). The van der Waals surface area contributed by atoms with Gasteiger partial charge in [-0.1, -0.05) is 54.6 Å². The van der Waals surface area contributed by atoms with Crippen LogP contribution in [0.2, 0.25) is 0 Å². The van der Waals surface area contributed by atoms with E-state index in [-0.39, 0.29) is 6.42 Å². The van der Waals surface area contributed by atoms with Gasteiger partial charge in [0.25, 0.3) is 0 Å². The van der Waals surface area contributed by atoms with Crippen molar-refractivity contribution in [3.63, 3.8) is 0 Å². The summed E-state index contributed by atoms with van der Waals surface area (Å²) in [5, 5.41) is 13.6. The van der Waals surface area contributed by atoms with Crippen molar-refractivity contribution in [1.29, 1.82) is 0 Å². The van der Waals surface area contributed by atoms with Crippen molar-refractivity contribution in [2.75, 3.05) is 4.90 Å². The molecular weight excluding hydrogens is 406 g/mol. The fraction of sp³-hybridized carbons (Fsp3) is 0.200. The molecule has 7 heteroatoms. The molecule has 1 aromatic heterocycles. The molecule has 0 saturated carbocycles. The third kappa shape index (κ3) is 3.01. The van der Waals surface area contributed by atoms with Crippen molar-refractivity contribution in [3.8, 4) is 0 Å². The topological polar surface area (TPSA) is 99.6 Å². The number of rotatable bonds is 5. The van der Waals surface area contributed by atoms with E-state index in [9.17, 15) is 19.5 Å². The number of carboxylic acid groups (broad SMARTS) is 1. The Balaban J connectivity index is 1.66. The molecule has 32 heavy (non-hydrogen) atoms. The number of nitrogens with zero attached hydrogens (tertiary/aromatic N) is 2. The molecule has 160 valence electrons. The summed E-state index contributed by atoms with van der Waals surface area (Å²) in [7, 11) is 0.